The molecule has 1 aromatic carbocycles. The molecule has 1 aromatic heterocycles. The predicted octanol–water partition coefficient (Wildman–Crippen LogP) is 2.03. The summed E-state index contributed by atoms with van der Waals surface area (Å²) in [5.74, 6) is -0.917. The Balaban J connectivity index is 1.46. The number of ether oxygens (including phenoxy) is 1. The van der Waals surface area contributed by atoms with Gasteiger partial charge in [-0.15, -0.1) is 0 Å². The van der Waals surface area contributed by atoms with Gasteiger partial charge in [0.2, 0.25) is 0 Å². The molecule has 1 saturated carbocycles. The number of fused-ring (bicyclic) bond motifs is 1. The Morgan fingerprint density at radius 2 is 2.07 bits per heavy atom. The zero-order valence-electron chi connectivity index (χ0n) is 16.9. The number of nitrogens with one attached hydrogen (secondary N) is 2. The average Bonchev–Trinajstić information content (AvgIpc) is 2.95. The topological polar surface area (TPSA) is 121 Å². The van der Waals surface area contributed by atoms with Crippen molar-refractivity contribution in [3.63, 3.8) is 0 Å². The summed E-state index contributed by atoms with van der Waals surface area (Å²) in [6, 6.07) is 6.27. The van der Waals surface area contributed by atoms with Gasteiger partial charge in [-0.05, 0) is 37.8 Å². The molecule has 2 fully saturated rings. The number of urea groups is 1. The van der Waals surface area contributed by atoms with Crippen molar-refractivity contribution >= 4 is 28.8 Å². The molecule has 3 amide bonds. The lowest BCUT2D eigenvalue weighted by molar-refractivity contribution is -0.152. The van der Waals surface area contributed by atoms with Gasteiger partial charge in [0, 0.05) is 0 Å². The van der Waals surface area contributed by atoms with E-state index in [1.54, 1.807) is 31.2 Å². The number of rotatable bonds is 4. The van der Waals surface area contributed by atoms with E-state index < -0.39 is 30.2 Å². The van der Waals surface area contributed by atoms with Gasteiger partial charge in [-0.3, -0.25) is 19.3 Å². The first-order chi connectivity index (χ1) is 14.3. The fraction of sp³-hybridized carbons (Fsp3) is 0.476. The van der Waals surface area contributed by atoms with E-state index >= 15 is 0 Å². The maximum atomic E-state index is 13.0. The monoisotopic (exact) mass is 412 g/mol. The van der Waals surface area contributed by atoms with Crippen LogP contribution in [-0.4, -0.2) is 44.9 Å². The minimum Gasteiger partial charge on any atom is -0.453 e. The Morgan fingerprint density at radius 3 is 2.83 bits per heavy atom. The van der Waals surface area contributed by atoms with E-state index in [0.29, 0.717) is 17.3 Å². The molecule has 1 aliphatic heterocycles. The van der Waals surface area contributed by atoms with Gasteiger partial charge >= 0.3 is 12.0 Å². The lowest BCUT2D eigenvalue weighted by Crippen LogP contribution is -2.54. The largest absolute Gasteiger partial charge is 0.453 e. The van der Waals surface area contributed by atoms with Crippen LogP contribution in [-0.2, 0) is 14.3 Å². The first kappa shape index (κ1) is 20.1. The molecular weight excluding hydrogens is 388 g/mol. The molecule has 4 rings (SSSR count). The molecule has 9 heteroatoms. The molecule has 9 nitrogen and oxygen atoms in total. The van der Waals surface area contributed by atoms with Crippen molar-refractivity contribution < 1.29 is 19.1 Å². The van der Waals surface area contributed by atoms with Crippen LogP contribution in [0.4, 0.5) is 4.79 Å². The zero-order chi connectivity index (χ0) is 21.5. The van der Waals surface area contributed by atoms with Gasteiger partial charge in [0.05, 0.1) is 10.9 Å². The maximum Gasteiger partial charge on any atom is 0.326 e. The van der Waals surface area contributed by atoms with Crippen molar-refractivity contribution in [1.82, 2.24) is 20.2 Å². The number of hydrogen-bond donors (Lipinski definition) is 2. The lowest BCUT2D eigenvalue weighted by Gasteiger charge is -2.36. The highest BCUT2D eigenvalue weighted by Gasteiger charge is 2.55. The maximum absolute atomic E-state index is 13.0. The van der Waals surface area contributed by atoms with Gasteiger partial charge in [0.1, 0.15) is 12.1 Å². The van der Waals surface area contributed by atoms with Crippen LogP contribution in [0.1, 0.15) is 51.5 Å². The predicted molar refractivity (Wildman–Crippen MR) is 107 cm³/mol. The molecule has 158 valence electrons. The first-order valence-corrected chi connectivity index (χ1v) is 10.1. The quantitative estimate of drug-likeness (QED) is 0.585. The zero-order valence-corrected chi connectivity index (χ0v) is 16.9. The van der Waals surface area contributed by atoms with Crippen LogP contribution in [0.3, 0.4) is 0 Å². The van der Waals surface area contributed by atoms with Gasteiger partial charge < -0.3 is 15.0 Å². The van der Waals surface area contributed by atoms with Crippen molar-refractivity contribution in [2.75, 3.05) is 6.54 Å². The van der Waals surface area contributed by atoms with Crippen LogP contribution in [0.25, 0.3) is 10.9 Å². The highest BCUT2D eigenvalue weighted by atomic mass is 16.5. The molecule has 1 saturated heterocycles. The number of amides is 3. The highest BCUT2D eigenvalue weighted by molar-refractivity contribution is 6.09. The molecule has 2 aliphatic rings. The summed E-state index contributed by atoms with van der Waals surface area (Å²) in [7, 11) is 0. The second kappa shape index (κ2) is 7.55. The van der Waals surface area contributed by atoms with Gasteiger partial charge in [0.15, 0.2) is 11.9 Å². The number of hydrogen-bond acceptors (Lipinski definition) is 6. The van der Waals surface area contributed by atoms with Crippen LogP contribution >= 0.6 is 0 Å². The molecule has 1 spiro atoms. The van der Waals surface area contributed by atoms with Crippen LogP contribution < -0.4 is 10.9 Å². The van der Waals surface area contributed by atoms with E-state index in [-0.39, 0.29) is 23.2 Å². The SMILES string of the molecule is C[C@H](OC(=O)CN1C(=O)N[C@@]2(CCCC[C@@H]2C)C1=O)c1nc2ccccc2c(=O)[nH]1. The molecule has 3 atom stereocenters. The third-order valence-corrected chi connectivity index (χ3v) is 6.11. The van der Waals surface area contributed by atoms with Crippen molar-refractivity contribution in [1.29, 1.82) is 0 Å². The van der Waals surface area contributed by atoms with Crippen molar-refractivity contribution in [2.24, 2.45) is 5.92 Å². The van der Waals surface area contributed by atoms with Gasteiger partial charge in [-0.2, -0.15) is 0 Å². The molecular formula is C21H24N4O5. The Kier molecular flexibility index (Phi) is 5.05. The van der Waals surface area contributed by atoms with Gasteiger partial charge in [0.25, 0.3) is 11.5 Å². The second-order valence-corrected chi connectivity index (χ2v) is 8.04. The summed E-state index contributed by atoms with van der Waals surface area (Å²) in [5, 5.41) is 3.24. The number of aromatic nitrogens is 2. The summed E-state index contributed by atoms with van der Waals surface area (Å²) in [4.78, 5) is 57.9. The van der Waals surface area contributed by atoms with Crippen molar-refractivity contribution in [2.45, 2.75) is 51.2 Å². The molecule has 1 aliphatic carbocycles. The van der Waals surface area contributed by atoms with E-state index in [9.17, 15) is 19.2 Å². The molecule has 0 unspecified atom stereocenters. The smallest absolute Gasteiger partial charge is 0.326 e. The highest BCUT2D eigenvalue weighted by Crippen LogP contribution is 2.38. The Morgan fingerprint density at radius 1 is 1.30 bits per heavy atom. The number of benzene rings is 1. The third kappa shape index (κ3) is 3.34. The fourth-order valence-corrected chi connectivity index (χ4v) is 4.36. The standard InChI is InChI=1S/C21H24N4O5/c1-12-7-5-6-10-21(12)19(28)25(20(29)24-21)11-16(26)30-13(2)17-22-15-9-4-3-8-14(15)18(27)23-17/h3-4,8-9,12-13H,5-7,10-11H2,1-2H3,(H,24,29)(H,22,23,27)/t12-,13-,21+/m0/s1. The minimum absolute atomic E-state index is 0.00881. The number of imide groups is 1. The van der Waals surface area contributed by atoms with Gasteiger partial charge in [-0.1, -0.05) is 31.9 Å². The second-order valence-electron chi connectivity index (χ2n) is 8.04. The summed E-state index contributed by atoms with van der Waals surface area (Å²) in [6.07, 6.45) is 2.44. The lowest BCUT2D eigenvalue weighted by atomic mass is 9.73. The van der Waals surface area contributed by atoms with E-state index in [1.165, 1.54) is 0 Å². The molecule has 2 N–H and O–H groups in total. The average molecular weight is 412 g/mol. The Hall–Kier alpha value is -3.23. The van der Waals surface area contributed by atoms with E-state index in [0.717, 1.165) is 24.2 Å². The number of aromatic amines is 1. The van der Waals surface area contributed by atoms with Crippen LogP contribution in [0, 0.1) is 5.92 Å². The summed E-state index contributed by atoms with van der Waals surface area (Å²) < 4.78 is 5.36. The van der Waals surface area contributed by atoms with E-state index in [4.69, 9.17) is 4.74 Å². The van der Waals surface area contributed by atoms with Gasteiger partial charge in [-0.25, -0.2) is 9.78 Å². The molecule has 0 radical (unpaired) electrons. The number of nitrogens with zero attached hydrogens (tertiary/aromatic N) is 2. The van der Waals surface area contributed by atoms with Crippen LogP contribution in [0.5, 0.6) is 0 Å². The summed E-state index contributed by atoms with van der Waals surface area (Å²) in [5.41, 5.74) is -0.769. The fourth-order valence-electron chi connectivity index (χ4n) is 4.36. The number of H-pyrrole nitrogens is 1. The molecule has 2 aromatic rings. The molecule has 30 heavy (non-hydrogen) atoms. The number of para-hydroxylation sites is 1. The number of carbonyl (C=O) groups is 3. The summed E-state index contributed by atoms with van der Waals surface area (Å²) >= 11 is 0. The van der Waals surface area contributed by atoms with Crippen LogP contribution in [0.2, 0.25) is 0 Å². The first-order valence-electron chi connectivity index (χ1n) is 10.1. The number of esters is 1. The molecule has 2 heterocycles. The van der Waals surface area contributed by atoms with Crippen molar-refractivity contribution in [3.8, 4) is 0 Å². The number of carbonyl (C=O) groups excluding carboxylic acids is 3. The van der Waals surface area contributed by atoms with Crippen LogP contribution in [0.15, 0.2) is 29.1 Å². The van der Waals surface area contributed by atoms with Crippen molar-refractivity contribution in [3.05, 3.63) is 40.4 Å². The molecule has 0 bridgehead atoms. The van der Waals surface area contributed by atoms with E-state index in [2.05, 4.69) is 15.3 Å². The normalized spacial score (nSPS) is 24.9. The Labute approximate surface area is 172 Å². The summed E-state index contributed by atoms with van der Waals surface area (Å²) in [6.45, 7) is 3.03. The minimum atomic E-state index is -0.924. The third-order valence-electron chi connectivity index (χ3n) is 6.11. The van der Waals surface area contributed by atoms with E-state index in [1.807, 2.05) is 6.92 Å². The Bertz CT molecular complexity index is 1080.